The fourth-order valence-corrected chi connectivity index (χ4v) is 6.17. The van der Waals surface area contributed by atoms with Crippen LogP contribution in [-0.4, -0.2) is 87.5 Å². The summed E-state index contributed by atoms with van der Waals surface area (Å²) in [4.78, 5) is 12.3. The van der Waals surface area contributed by atoms with Gasteiger partial charge in [-0.3, -0.25) is 4.79 Å². The number of hydrogen-bond donors (Lipinski definition) is 6. The second-order valence-corrected chi connectivity index (χ2v) is 14.1. The minimum Gasteiger partial charge on any atom is -0.394 e. The zero-order valence-electron chi connectivity index (χ0n) is 31.6. The predicted molar refractivity (Wildman–Crippen MR) is 203 cm³/mol. The summed E-state index contributed by atoms with van der Waals surface area (Å²) in [6, 6.07) is -0.820. The Balaban J connectivity index is 2.13. The monoisotopic (exact) mass is 710 g/mol. The average Bonchev–Trinajstić information content (AvgIpc) is 3.11. The van der Waals surface area contributed by atoms with E-state index in [0.717, 1.165) is 25.7 Å². The lowest BCUT2D eigenvalue weighted by atomic mass is 9.99. The van der Waals surface area contributed by atoms with Crippen LogP contribution in [0.2, 0.25) is 0 Å². The number of rotatable bonds is 32. The molecule has 1 aliphatic rings. The lowest BCUT2D eigenvalue weighted by Gasteiger charge is -2.40. The van der Waals surface area contributed by atoms with Gasteiger partial charge in [0.15, 0.2) is 6.29 Å². The number of ether oxygens (including phenoxy) is 2. The molecule has 0 bridgehead atoms. The van der Waals surface area contributed by atoms with Gasteiger partial charge in [0.2, 0.25) is 5.91 Å². The largest absolute Gasteiger partial charge is 0.394 e. The molecule has 0 saturated carbocycles. The Hall–Kier alpha value is -1.59. The van der Waals surface area contributed by atoms with Crippen molar-refractivity contribution in [2.45, 2.75) is 204 Å². The molecular formula is C41H75NO8. The quantitative estimate of drug-likeness (QED) is 0.0314. The molecule has 292 valence electrons. The lowest BCUT2D eigenvalue weighted by Crippen LogP contribution is -2.60. The van der Waals surface area contributed by atoms with Crippen molar-refractivity contribution in [3.05, 3.63) is 36.5 Å². The lowest BCUT2D eigenvalue weighted by molar-refractivity contribution is -0.302. The molecule has 0 aromatic heterocycles. The van der Waals surface area contributed by atoms with E-state index in [1.165, 1.54) is 109 Å². The molecule has 9 heteroatoms. The van der Waals surface area contributed by atoms with Crippen LogP contribution in [0.4, 0.5) is 0 Å². The number of nitrogens with one attached hydrogen (secondary N) is 1. The summed E-state index contributed by atoms with van der Waals surface area (Å²) in [5, 5.41) is 53.1. The molecule has 1 fully saturated rings. The van der Waals surface area contributed by atoms with Gasteiger partial charge in [0.25, 0.3) is 0 Å². The van der Waals surface area contributed by atoms with Crippen LogP contribution in [0, 0.1) is 0 Å². The van der Waals surface area contributed by atoms with Crippen molar-refractivity contribution in [1.82, 2.24) is 5.32 Å². The first-order chi connectivity index (χ1) is 24.3. The molecule has 1 amide bonds. The average molecular weight is 710 g/mol. The molecule has 1 aliphatic heterocycles. The maximum atomic E-state index is 12.3. The first-order valence-corrected chi connectivity index (χ1v) is 20.2. The molecule has 7 atom stereocenters. The third-order valence-corrected chi connectivity index (χ3v) is 9.42. The number of hydrogen-bond acceptors (Lipinski definition) is 8. The summed E-state index contributed by atoms with van der Waals surface area (Å²) >= 11 is 0. The van der Waals surface area contributed by atoms with Crippen molar-refractivity contribution in [1.29, 1.82) is 0 Å². The topological polar surface area (TPSA) is 149 Å². The van der Waals surface area contributed by atoms with E-state index in [0.29, 0.717) is 6.42 Å². The van der Waals surface area contributed by atoms with Gasteiger partial charge in [-0.15, -0.1) is 0 Å². The van der Waals surface area contributed by atoms with E-state index in [1.54, 1.807) is 6.08 Å². The summed E-state index contributed by atoms with van der Waals surface area (Å²) in [5.74, 6) is -0.246. The van der Waals surface area contributed by atoms with Crippen molar-refractivity contribution < 1.29 is 39.8 Å². The molecule has 7 unspecified atom stereocenters. The number of aliphatic hydroxyl groups is 5. The first kappa shape index (κ1) is 46.4. The van der Waals surface area contributed by atoms with Crippen molar-refractivity contribution in [3.63, 3.8) is 0 Å². The summed E-state index contributed by atoms with van der Waals surface area (Å²) in [6.07, 6.45) is 32.4. The fraction of sp³-hybridized carbons (Fsp3) is 0.829. The molecule has 0 aromatic carbocycles. The summed E-state index contributed by atoms with van der Waals surface area (Å²) in [7, 11) is 0. The molecule has 9 nitrogen and oxygen atoms in total. The Bertz CT molecular complexity index is 879. The minimum absolute atomic E-state index is 0.212. The first-order valence-electron chi connectivity index (χ1n) is 20.2. The zero-order chi connectivity index (χ0) is 36.7. The second-order valence-electron chi connectivity index (χ2n) is 14.1. The van der Waals surface area contributed by atoms with Crippen molar-refractivity contribution >= 4 is 5.91 Å². The molecule has 1 rings (SSSR count). The van der Waals surface area contributed by atoms with Crippen LogP contribution in [0.15, 0.2) is 36.5 Å². The number of carbonyl (C=O) groups is 1. The number of unbranched alkanes of at least 4 members (excludes halogenated alkanes) is 18. The summed E-state index contributed by atoms with van der Waals surface area (Å²) < 4.78 is 11.0. The number of amides is 1. The third-order valence-electron chi connectivity index (χ3n) is 9.42. The van der Waals surface area contributed by atoms with E-state index >= 15 is 0 Å². The Labute approximate surface area is 304 Å². The van der Waals surface area contributed by atoms with Crippen LogP contribution in [0.3, 0.4) is 0 Å². The molecule has 0 radical (unpaired) electrons. The molecule has 1 saturated heterocycles. The van der Waals surface area contributed by atoms with Gasteiger partial charge in [-0.2, -0.15) is 0 Å². The highest BCUT2D eigenvalue weighted by atomic mass is 16.7. The Morgan fingerprint density at radius 1 is 0.660 bits per heavy atom. The fourth-order valence-electron chi connectivity index (χ4n) is 6.17. The highest BCUT2D eigenvalue weighted by Gasteiger charge is 2.44. The minimum atomic E-state index is -1.57. The van der Waals surface area contributed by atoms with Gasteiger partial charge in [0.05, 0.1) is 25.4 Å². The van der Waals surface area contributed by atoms with Crippen LogP contribution >= 0.6 is 0 Å². The van der Waals surface area contributed by atoms with E-state index in [9.17, 15) is 30.3 Å². The van der Waals surface area contributed by atoms with E-state index in [-0.39, 0.29) is 18.9 Å². The highest BCUT2D eigenvalue weighted by Crippen LogP contribution is 2.22. The van der Waals surface area contributed by atoms with Gasteiger partial charge >= 0.3 is 0 Å². The second kappa shape index (κ2) is 32.1. The standard InChI is InChI=1S/C41H75NO8/c1-3-5-6-7-8-9-10-11-12-13-14-15-16-17-18-19-20-21-22-23-24-25-26-27-28-29-31-35(44)34(42-37(45)30-4-2)33-49-41-40(48)39(47)38(46)36(32-43)50-41/h21-22,25-26,29,31,34-36,38-41,43-44,46-48H,3-20,23-24,27-28,30,32-33H2,1-2H3,(H,42,45)/b22-21+,26-25+,31-29+. The zero-order valence-corrected chi connectivity index (χ0v) is 31.6. The van der Waals surface area contributed by atoms with Gasteiger partial charge in [0, 0.05) is 6.42 Å². The van der Waals surface area contributed by atoms with Crippen LogP contribution in [0.25, 0.3) is 0 Å². The highest BCUT2D eigenvalue weighted by molar-refractivity contribution is 5.76. The van der Waals surface area contributed by atoms with E-state index in [4.69, 9.17) is 9.47 Å². The number of aliphatic hydroxyl groups excluding tert-OH is 5. The smallest absolute Gasteiger partial charge is 0.220 e. The normalized spacial score (nSPS) is 22.6. The summed E-state index contributed by atoms with van der Waals surface area (Å²) in [5.41, 5.74) is 0. The molecule has 1 heterocycles. The van der Waals surface area contributed by atoms with Gasteiger partial charge in [-0.1, -0.05) is 147 Å². The predicted octanol–water partition coefficient (Wildman–Crippen LogP) is 7.33. The van der Waals surface area contributed by atoms with E-state index in [1.807, 2.05) is 13.0 Å². The SMILES string of the molecule is CCCCCCCCCCCCCCCCCC/C=C/CC/C=C/CC/C=C/C(O)C(COC1OC(CO)C(O)C(O)C1O)NC(=O)CCC. The van der Waals surface area contributed by atoms with Gasteiger partial charge < -0.3 is 40.3 Å². The Kier molecular flexibility index (Phi) is 29.8. The van der Waals surface area contributed by atoms with Crippen molar-refractivity contribution in [2.75, 3.05) is 13.2 Å². The molecule has 0 spiro atoms. The van der Waals surface area contributed by atoms with Gasteiger partial charge in [-0.05, 0) is 44.9 Å². The van der Waals surface area contributed by atoms with E-state index < -0.39 is 49.5 Å². The van der Waals surface area contributed by atoms with Crippen LogP contribution in [0.1, 0.15) is 162 Å². The number of carbonyl (C=O) groups excluding carboxylic acids is 1. The maximum Gasteiger partial charge on any atom is 0.220 e. The van der Waals surface area contributed by atoms with Crippen molar-refractivity contribution in [2.24, 2.45) is 0 Å². The third kappa shape index (κ3) is 23.1. The van der Waals surface area contributed by atoms with Crippen molar-refractivity contribution in [3.8, 4) is 0 Å². The van der Waals surface area contributed by atoms with Gasteiger partial charge in [0.1, 0.15) is 24.4 Å². The number of allylic oxidation sites excluding steroid dienone is 5. The molecule has 0 aliphatic carbocycles. The maximum absolute atomic E-state index is 12.3. The van der Waals surface area contributed by atoms with Crippen LogP contribution < -0.4 is 5.32 Å². The molecule has 6 N–H and O–H groups in total. The van der Waals surface area contributed by atoms with Gasteiger partial charge in [-0.25, -0.2) is 0 Å². The van der Waals surface area contributed by atoms with Crippen LogP contribution in [-0.2, 0) is 14.3 Å². The Morgan fingerprint density at radius 3 is 1.64 bits per heavy atom. The summed E-state index contributed by atoms with van der Waals surface area (Å²) in [6.45, 7) is 3.37. The molecular weight excluding hydrogens is 634 g/mol. The molecule has 0 aromatic rings. The Morgan fingerprint density at radius 2 is 1.14 bits per heavy atom. The van der Waals surface area contributed by atoms with Crippen LogP contribution in [0.5, 0.6) is 0 Å². The molecule has 50 heavy (non-hydrogen) atoms. The van der Waals surface area contributed by atoms with E-state index in [2.05, 4.69) is 36.5 Å².